The van der Waals surface area contributed by atoms with Gasteiger partial charge in [0.15, 0.2) is 0 Å². The molecule has 0 saturated heterocycles. The lowest BCUT2D eigenvalue weighted by atomic mass is 9.86. The third-order valence-corrected chi connectivity index (χ3v) is 4.07. The Morgan fingerprint density at radius 1 is 0.905 bits per heavy atom. The molecule has 0 saturated carbocycles. The Kier molecular flexibility index (Phi) is 10.8. The topological polar surface area (TPSA) is 46.3 Å². The van der Waals surface area contributed by atoms with Crippen molar-refractivity contribution in [2.75, 3.05) is 13.1 Å². The van der Waals surface area contributed by atoms with Crippen LogP contribution >= 0.6 is 0 Å². The summed E-state index contributed by atoms with van der Waals surface area (Å²) < 4.78 is 0. The van der Waals surface area contributed by atoms with Crippen molar-refractivity contribution in [1.82, 2.24) is 4.90 Å². The summed E-state index contributed by atoms with van der Waals surface area (Å²) in [5.41, 5.74) is 6.00. The Morgan fingerprint density at radius 2 is 1.33 bits per heavy atom. The van der Waals surface area contributed by atoms with Gasteiger partial charge in [0.1, 0.15) is 0 Å². The van der Waals surface area contributed by atoms with Crippen LogP contribution in [-0.4, -0.2) is 29.9 Å². The van der Waals surface area contributed by atoms with Gasteiger partial charge in [0, 0.05) is 13.1 Å². The smallest absolute Gasteiger partial charge is 0.240 e. The van der Waals surface area contributed by atoms with Gasteiger partial charge in [-0.25, -0.2) is 0 Å². The van der Waals surface area contributed by atoms with Crippen LogP contribution in [0.1, 0.15) is 86.0 Å². The number of hydrogen-bond acceptors (Lipinski definition) is 2. The second-order valence-electron chi connectivity index (χ2n) is 7.29. The number of amides is 1. The van der Waals surface area contributed by atoms with Crippen LogP contribution in [0, 0.1) is 5.41 Å². The van der Waals surface area contributed by atoms with E-state index in [1.54, 1.807) is 0 Å². The summed E-state index contributed by atoms with van der Waals surface area (Å²) in [4.78, 5) is 14.6. The number of nitrogens with two attached hydrogens (primary N) is 1. The summed E-state index contributed by atoms with van der Waals surface area (Å²) >= 11 is 0. The van der Waals surface area contributed by atoms with E-state index in [0.717, 1.165) is 25.9 Å². The van der Waals surface area contributed by atoms with E-state index >= 15 is 0 Å². The molecule has 2 N–H and O–H groups in total. The zero-order valence-corrected chi connectivity index (χ0v) is 15.1. The van der Waals surface area contributed by atoms with Crippen molar-refractivity contribution in [2.45, 2.75) is 92.0 Å². The van der Waals surface area contributed by atoms with Crippen LogP contribution in [0.4, 0.5) is 0 Å². The zero-order valence-electron chi connectivity index (χ0n) is 15.1. The quantitative estimate of drug-likeness (QED) is 0.576. The van der Waals surface area contributed by atoms with Crippen molar-refractivity contribution in [1.29, 1.82) is 0 Å². The predicted octanol–water partition coefficient (Wildman–Crippen LogP) is 4.35. The number of unbranched alkanes of at least 4 members (excludes halogenated alkanes) is 6. The lowest BCUT2D eigenvalue weighted by Crippen LogP contribution is -2.50. The Bertz CT molecular complexity index is 259. The van der Waals surface area contributed by atoms with Crippen LogP contribution in [0.15, 0.2) is 0 Å². The van der Waals surface area contributed by atoms with Crippen LogP contribution in [0.2, 0.25) is 0 Å². The molecule has 0 aliphatic rings. The van der Waals surface area contributed by atoms with Crippen molar-refractivity contribution in [3.8, 4) is 0 Å². The van der Waals surface area contributed by atoms with Gasteiger partial charge >= 0.3 is 0 Å². The maximum absolute atomic E-state index is 12.6. The minimum absolute atomic E-state index is 0.135. The number of hydrogen-bond donors (Lipinski definition) is 1. The molecule has 0 unspecified atom stereocenters. The van der Waals surface area contributed by atoms with Crippen LogP contribution < -0.4 is 5.73 Å². The molecular formula is C18H38N2O. The van der Waals surface area contributed by atoms with Crippen LogP contribution in [0.5, 0.6) is 0 Å². The molecule has 0 aromatic rings. The molecule has 0 rings (SSSR count). The maximum Gasteiger partial charge on any atom is 0.240 e. The second-order valence-corrected chi connectivity index (χ2v) is 7.29. The van der Waals surface area contributed by atoms with Crippen LogP contribution in [-0.2, 0) is 4.79 Å². The molecule has 3 nitrogen and oxygen atoms in total. The van der Waals surface area contributed by atoms with Gasteiger partial charge in [0.2, 0.25) is 5.91 Å². The first kappa shape index (κ1) is 20.4. The fraction of sp³-hybridized carbons (Fsp3) is 0.944. The first-order valence-corrected chi connectivity index (χ1v) is 8.89. The van der Waals surface area contributed by atoms with Crippen molar-refractivity contribution in [2.24, 2.45) is 11.1 Å². The lowest BCUT2D eigenvalue weighted by Gasteiger charge is -2.32. The standard InChI is InChI=1S/C18H38N2O/c1-6-8-10-12-14-20(15-13-11-9-7-2)17(21)16(19)18(3,4)5/h16H,6-15,19H2,1-5H3/t16-/m0/s1. The molecule has 126 valence electrons. The Balaban J connectivity index is 4.43. The van der Waals surface area contributed by atoms with Gasteiger partial charge in [0.05, 0.1) is 6.04 Å². The molecule has 0 bridgehead atoms. The summed E-state index contributed by atoms with van der Waals surface area (Å²) in [5, 5.41) is 0. The van der Waals surface area contributed by atoms with Crippen LogP contribution in [0.25, 0.3) is 0 Å². The highest BCUT2D eigenvalue weighted by molar-refractivity contribution is 5.82. The van der Waals surface area contributed by atoms with Gasteiger partial charge in [-0.1, -0.05) is 73.1 Å². The normalized spacial score (nSPS) is 13.2. The van der Waals surface area contributed by atoms with E-state index in [0.29, 0.717) is 0 Å². The average molecular weight is 299 g/mol. The molecule has 0 spiro atoms. The molecule has 1 atom stereocenters. The van der Waals surface area contributed by atoms with Gasteiger partial charge < -0.3 is 10.6 Å². The summed E-state index contributed by atoms with van der Waals surface area (Å²) in [6, 6.07) is -0.394. The molecule has 0 aromatic heterocycles. The molecule has 0 aliphatic heterocycles. The lowest BCUT2D eigenvalue weighted by molar-refractivity contribution is -0.135. The Labute approximate surface area is 132 Å². The first-order valence-electron chi connectivity index (χ1n) is 8.89. The van der Waals surface area contributed by atoms with Crippen molar-refractivity contribution in [3.05, 3.63) is 0 Å². The van der Waals surface area contributed by atoms with Gasteiger partial charge in [-0.05, 0) is 18.3 Å². The largest absolute Gasteiger partial charge is 0.341 e. The molecule has 0 radical (unpaired) electrons. The number of carbonyl (C=O) groups excluding carboxylic acids is 1. The fourth-order valence-corrected chi connectivity index (χ4v) is 2.36. The van der Waals surface area contributed by atoms with Gasteiger partial charge in [-0.3, -0.25) is 4.79 Å². The maximum atomic E-state index is 12.6. The zero-order chi connectivity index (χ0) is 16.3. The molecule has 0 heterocycles. The highest BCUT2D eigenvalue weighted by Gasteiger charge is 2.30. The molecule has 0 fully saturated rings. The van der Waals surface area contributed by atoms with E-state index < -0.39 is 6.04 Å². The monoisotopic (exact) mass is 298 g/mol. The number of rotatable bonds is 11. The molecule has 0 aromatic carbocycles. The molecule has 0 aliphatic carbocycles. The van der Waals surface area contributed by atoms with E-state index in [1.165, 1.54) is 38.5 Å². The van der Waals surface area contributed by atoms with E-state index in [2.05, 4.69) is 13.8 Å². The van der Waals surface area contributed by atoms with Crippen LogP contribution in [0.3, 0.4) is 0 Å². The van der Waals surface area contributed by atoms with Crippen molar-refractivity contribution < 1.29 is 4.79 Å². The molecule has 21 heavy (non-hydrogen) atoms. The van der Waals surface area contributed by atoms with Gasteiger partial charge in [-0.15, -0.1) is 0 Å². The van der Waals surface area contributed by atoms with E-state index in [1.807, 2.05) is 25.7 Å². The number of nitrogens with zero attached hydrogens (tertiary/aromatic N) is 1. The Morgan fingerprint density at radius 3 is 1.67 bits per heavy atom. The average Bonchev–Trinajstić information content (AvgIpc) is 2.43. The summed E-state index contributed by atoms with van der Waals surface area (Å²) in [6.07, 6.45) is 9.58. The van der Waals surface area contributed by atoms with Gasteiger partial charge in [0.25, 0.3) is 0 Å². The van der Waals surface area contributed by atoms with E-state index in [-0.39, 0.29) is 11.3 Å². The summed E-state index contributed by atoms with van der Waals surface area (Å²) in [7, 11) is 0. The fourth-order valence-electron chi connectivity index (χ4n) is 2.36. The Hall–Kier alpha value is -0.570. The minimum Gasteiger partial charge on any atom is -0.341 e. The summed E-state index contributed by atoms with van der Waals surface area (Å²) in [5.74, 6) is 0.135. The summed E-state index contributed by atoms with van der Waals surface area (Å²) in [6.45, 7) is 12.3. The third-order valence-electron chi connectivity index (χ3n) is 4.07. The molecular weight excluding hydrogens is 260 g/mol. The van der Waals surface area contributed by atoms with Crippen molar-refractivity contribution in [3.63, 3.8) is 0 Å². The third kappa shape index (κ3) is 9.13. The van der Waals surface area contributed by atoms with Gasteiger partial charge in [-0.2, -0.15) is 0 Å². The number of carbonyl (C=O) groups is 1. The SMILES string of the molecule is CCCCCCN(CCCCCC)C(=O)[C@H](N)C(C)(C)C. The van der Waals surface area contributed by atoms with E-state index in [9.17, 15) is 4.79 Å². The first-order chi connectivity index (χ1) is 9.84. The predicted molar refractivity (Wildman–Crippen MR) is 92.3 cm³/mol. The van der Waals surface area contributed by atoms with Crippen molar-refractivity contribution >= 4 is 5.91 Å². The highest BCUT2D eigenvalue weighted by atomic mass is 16.2. The molecule has 1 amide bonds. The molecule has 3 heteroatoms. The minimum atomic E-state index is -0.394. The van der Waals surface area contributed by atoms with E-state index in [4.69, 9.17) is 5.73 Å². The second kappa shape index (κ2) is 11.1. The highest BCUT2D eigenvalue weighted by Crippen LogP contribution is 2.20.